The van der Waals surface area contributed by atoms with Crippen molar-refractivity contribution in [3.05, 3.63) is 84.3 Å². The molecule has 3 heterocycles. The van der Waals surface area contributed by atoms with Crippen molar-refractivity contribution in [2.75, 3.05) is 5.32 Å². The van der Waals surface area contributed by atoms with Crippen molar-refractivity contribution in [3.8, 4) is 16.8 Å². The van der Waals surface area contributed by atoms with Crippen LogP contribution in [0.2, 0.25) is 0 Å². The molecule has 7 heteroatoms. The molecular formula is C31H32N6O. The highest BCUT2D eigenvalue weighted by Gasteiger charge is 2.21. The van der Waals surface area contributed by atoms with Crippen LogP contribution in [0, 0.1) is 0 Å². The number of rotatable bonds is 6. The Bertz CT molecular complexity index is 1650. The number of hydrogen-bond donors (Lipinski definition) is 3. The second kappa shape index (κ2) is 9.91. The van der Waals surface area contributed by atoms with Crippen LogP contribution in [-0.2, 0) is 6.42 Å². The Balaban J connectivity index is 1.45. The van der Waals surface area contributed by atoms with E-state index in [-0.39, 0.29) is 12.1 Å². The minimum absolute atomic E-state index is 0.256. The third-order valence-corrected chi connectivity index (χ3v) is 7.73. The van der Waals surface area contributed by atoms with E-state index < -0.39 is 5.91 Å². The molecule has 1 aliphatic carbocycles. The van der Waals surface area contributed by atoms with Crippen LogP contribution in [0.3, 0.4) is 0 Å². The van der Waals surface area contributed by atoms with Crippen LogP contribution in [0.25, 0.3) is 38.8 Å². The number of fused-ring (bicyclic) bond motifs is 2. The van der Waals surface area contributed by atoms with Gasteiger partial charge in [0.1, 0.15) is 5.65 Å². The average molecular weight is 505 g/mol. The standard InChI is InChI=1S/C31H32N6O/c1-2-19-18-37(24-11-12-26(30(33)38)28(16-24)36-23-9-7-22(32)8-10-23)31-29(19)25(13-14-34-31)21-15-20-5-3-4-6-27(20)35-17-21/h3-6,11-18,22-23,36H,2,7-10,32H2,1H3,(H2,33,38). The number of pyridine rings is 2. The first kappa shape index (κ1) is 24.1. The molecule has 1 saturated carbocycles. The minimum Gasteiger partial charge on any atom is -0.382 e. The summed E-state index contributed by atoms with van der Waals surface area (Å²) in [6, 6.07) is 18.7. The van der Waals surface area contributed by atoms with Gasteiger partial charge >= 0.3 is 0 Å². The van der Waals surface area contributed by atoms with E-state index in [0.717, 1.165) is 76.5 Å². The van der Waals surface area contributed by atoms with E-state index >= 15 is 0 Å². The molecule has 5 aromatic rings. The predicted octanol–water partition coefficient (Wildman–Crippen LogP) is 5.58. The minimum atomic E-state index is -0.442. The van der Waals surface area contributed by atoms with Gasteiger partial charge in [0.15, 0.2) is 0 Å². The quantitative estimate of drug-likeness (QED) is 0.279. The van der Waals surface area contributed by atoms with Crippen molar-refractivity contribution < 1.29 is 4.79 Å². The van der Waals surface area contributed by atoms with E-state index in [0.29, 0.717) is 5.56 Å². The number of anilines is 1. The molecule has 1 aliphatic rings. The number of nitrogens with zero attached hydrogens (tertiary/aromatic N) is 3. The summed E-state index contributed by atoms with van der Waals surface area (Å²) < 4.78 is 2.11. The van der Waals surface area contributed by atoms with Crippen molar-refractivity contribution in [1.82, 2.24) is 14.5 Å². The number of aryl methyl sites for hydroxylation is 1. The van der Waals surface area contributed by atoms with E-state index in [9.17, 15) is 4.79 Å². The molecule has 0 aliphatic heterocycles. The van der Waals surface area contributed by atoms with Gasteiger partial charge in [-0.15, -0.1) is 0 Å². The number of amides is 1. The lowest BCUT2D eigenvalue weighted by Crippen LogP contribution is -2.33. The van der Waals surface area contributed by atoms with Gasteiger partial charge in [-0.2, -0.15) is 0 Å². The fourth-order valence-corrected chi connectivity index (χ4v) is 5.66. The number of benzene rings is 2. The molecule has 0 radical (unpaired) electrons. The topological polar surface area (TPSA) is 112 Å². The Morgan fingerprint density at radius 1 is 1.05 bits per heavy atom. The van der Waals surface area contributed by atoms with Crippen LogP contribution in [-0.4, -0.2) is 32.5 Å². The summed E-state index contributed by atoms with van der Waals surface area (Å²) in [5.74, 6) is -0.442. The van der Waals surface area contributed by atoms with Gasteiger partial charge in [-0.3, -0.25) is 9.78 Å². The maximum absolute atomic E-state index is 12.3. The summed E-state index contributed by atoms with van der Waals surface area (Å²) in [4.78, 5) is 21.8. The van der Waals surface area contributed by atoms with E-state index in [1.165, 1.54) is 5.56 Å². The molecule has 0 spiro atoms. The van der Waals surface area contributed by atoms with Crippen molar-refractivity contribution in [1.29, 1.82) is 0 Å². The van der Waals surface area contributed by atoms with Crippen molar-refractivity contribution in [3.63, 3.8) is 0 Å². The van der Waals surface area contributed by atoms with Crippen LogP contribution in [0.1, 0.15) is 48.5 Å². The van der Waals surface area contributed by atoms with E-state index in [2.05, 4.69) is 41.2 Å². The molecule has 192 valence electrons. The zero-order chi connectivity index (χ0) is 26.2. The second-order valence-corrected chi connectivity index (χ2v) is 10.2. The lowest BCUT2D eigenvalue weighted by Gasteiger charge is -2.28. The zero-order valence-electron chi connectivity index (χ0n) is 21.5. The number of nitrogens with two attached hydrogens (primary N) is 2. The van der Waals surface area contributed by atoms with Crippen LogP contribution >= 0.6 is 0 Å². The molecule has 7 nitrogen and oxygen atoms in total. The highest BCUT2D eigenvalue weighted by molar-refractivity contribution is 6.00. The predicted molar refractivity (Wildman–Crippen MR) is 154 cm³/mol. The van der Waals surface area contributed by atoms with Gasteiger partial charge in [0, 0.05) is 58.4 Å². The van der Waals surface area contributed by atoms with Crippen LogP contribution in [0.4, 0.5) is 5.69 Å². The monoisotopic (exact) mass is 504 g/mol. The maximum Gasteiger partial charge on any atom is 0.250 e. The SMILES string of the molecule is CCc1cn(-c2ccc(C(N)=O)c(NC3CCC(N)CC3)c2)c2nccc(-c3cnc4ccccc4c3)c12. The van der Waals surface area contributed by atoms with Crippen LogP contribution in [0.15, 0.2) is 73.2 Å². The molecule has 2 aromatic carbocycles. The fraction of sp³-hybridized carbons (Fsp3) is 0.258. The number of carbonyl (C=O) groups is 1. The Morgan fingerprint density at radius 3 is 2.66 bits per heavy atom. The van der Waals surface area contributed by atoms with Crippen molar-refractivity contribution in [2.24, 2.45) is 11.5 Å². The Labute approximate surface area is 221 Å². The molecular weight excluding hydrogens is 472 g/mol. The molecule has 0 saturated heterocycles. The molecule has 5 N–H and O–H groups in total. The zero-order valence-corrected chi connectivity index (χ0v) is 21.5. The normalized spacial score (nSPS) is 17.6. The van der Waals surface area contributed by atoms with Gasteiger partial charge in [0.05, 0.1) is 11.1 Å². The molecule has 3 aromatic heterocycles. The van der Waals surface area contributed by atoms with Gasteiger partial charge in [-0.05, 0) is 79.6 Å². The summed E-state index contributed by atoms with van der Waals surface area (Å²) >= 11 is 0. The fourth-order valence-electron chi connectivity index (χ4n) is 5.66. The smallest absolute Gasteiger partial charge is 0.250 e. The third kappa shape index (κ3) is 4.39. The highest BCUT2D eigenvalue weighted by atomic mass is 16.1. The molecule has 1 fully saturated rings. The summed E-state index contributed by atoms with van der Waals surface area (Å²) in [7, 11) is 0. The third-order valence-electron chi connectivity index (χ3n) is 7.73. The summed E-state index contributed by atoms with van der Waals surface area (Å²) in [5, 5.41) is 5.80. The first-order chi connectivity index (χ1) is 18.5. The maximum atomic E-state index is 12.3. The number of carbonyl (C=O) groups excluding carboxylic acids is 1. The van der Waals surface area contributed by atoms with Crippen molar-refractivity contribution >= 4 is 33.5 Å². The van der Waals surface area contributed by atoms with Crippen LogP contribution in [0.5, 0.6) is 0 Å². The molecule has 0 bridgehead atoms. The van der Waals surface area contributed by atoms with E-state index in [1.54, 1.807) is 0 Å². The Hall–Kier alpha value is -4.23. The lowest BCUT2D eigenvalue weighted by atomic mass is 9.91. The lowest BCUT2D eigenvalue weighted by molar-refractivity contribution is 0.100. The largest absolute Gasteiger partial charge is 0.382 e. The second-order valence-electron chi connectivity index (χ2n) is 10.2. The average Bonchev–Trinajstić information content (AvgIpc) is 3.33. The summed E-state index contributed by atoms with van der Waals surface area (Å²) in [6.07, 6.45) is 10.7. The number of nitrogens with one attached hydrogen (secondary N) is 1. The number of hydrogen-bond acceptors (Lipinski definition) is 5. The molecule has 1 amide bonds. The molecule has 0 unspecified atom stereocenters. The van der Waals surface area contributed by atoms with Gasteiger partial charge < -0.3 is 21.4 Å². The molecule has 0 atom stereocenters. The summed E-state index contributed by atoms with van der Waals surface area (Å²) in [6.45, 7) is 2.16. The Morgan fingerprint density at radius 2 is 1.87 bits per heavy atom. The molecule has 38 heavy (non-hydrogen) atoms. The first-order valence-electron chi connectivity index (χ1n) is 13.3. The van der Waals surface area contributed by atoms with Gasteiger partial charge in [0.25, 0.3) is 5.91 Å². The number of primary amides is 1. The van der Waals surface area contributed by atoms with Crippen LogP contribution < -0.4 is 16.8 Å². The van der Waals surface area contributed by atoms with E-state index in [4.69, 9.17) is 21.4 Å². The Kier molecular flexibility index (Phi) is 6.29. The van der Waals surface area contributed by atoms with Crippen molar-refractivity contribution in [2.45, 2.75) is 51.1 Å². The van der Waals surface area contributed by atoms with Gasteiger partial charge in [-0.1, -0.05) is 25.1 Å². The van der Waals surface area contributed by atoms with Gasteiger partial charge in [0.2, 0.25) is 0 Å². The van der Waals surface area contributed by atoms with E-state index in [1.807, 2.05) is 48.8 Å². The molecule has 6 rings (SSSR count). The summed E-state index contributed by atoms with van der Waals surface area (Å²) in [5.41, 5.74) is 19.2. The number of aromatic nitrogens is 3. The highest BCUT2D eigenvalue weighted by Crippen LogP contribution is 2.35. The number of para-hydroxylation sites is 1. The van der Waals surface area contributed by atoms with Gasteiger partial charge in [-0.25, -0.2) is 4.98 Å². The first-order valence-corrected chi connectivity index (χ1v) is 13.3.